The Labute approximate surface area is 171 Å². The number of carbonyl (C=O) groups excluding carboxylic acids is 1. The van der Waals surface area contributed by atoms with Crippen molar-refractivity contribution in [3.63, 3.8) is 0 Å². The van der Waals surface area contributed by atoms with Gasteiger partial charge in [-0.3, -0.25) is 9.79 Å². The molecule has 1 aliphatic heterocycles. The summed E-state index contributed by atoms with van der Waals surface area (Å²) in [5.74, 6) is 0.0827. The van der Waals surface area contributed by atoms with E-state index in [0.717, 1.165) is 21.9 Å². The van der Waals surface area contributed by atoms with E-state index in [1.807, 2.05) is 59.5 Å². The normalized spacial score (nSPS) is 15.2. The number of para-hydroxylation sites is 1. The van der Waals surface area contributed by atoms with Crippen molar-refractivity contribution >= 4 is 61.3 Å². The van der Waals surface area contributed by atoms with E-state index < -0.39 is 0 Å². The predicted molar refractivity (Wildman–Crippen MR) is 117 cm³/mol. The van der Waals surface area contributed by atoms with Gasteiger partial charge in [-0.2, -0.15) is 0 Å². The van der Waals surface area contributed by atoms with Crippen LogP contribution in [0, 0.1) is 0 Å². The zero-order chi connectivity index (χ0) is 17.2. The molecule has 3 nitrogen and oxygen atoms in total. The van der Waals surface area contributed by atoms with Gasteiger partial charge in [0.05, 0.1) is 13.1 Å². The second-order valence-electron chi connectivity index (χ2n) is 6.31. The fourth-order valence-corrected chi connectivity index (χ4v) is 3.76. The number of rotatable bonds is 4. The Morgan fingerprint density at radius 3 is 2.36 bits per heavy atom. The first kappa shape index (κ1) is 20.2. The Morgan fingerprint density at radius 1 is 1.16 bits per heavy atom. The van der Waals surface area contributed by atoms with E-state index in [1.54, 1.807) is 11.8 Å². The number of hydrogen-bond acceptors (Lipinski definition) is 4. The zero-order valence-corrected chi connectivity index (χ0v) is 18.2. The average molecular weight is 484 g/mol. The number of nitrogens with zero attached hydrogens (tertiary/aromatic N) is 2. The molecule has 0 bridgehead atoms. The molecule has 0 saturated carbocycles. The number of thioether (sulfide) groups is 1. The Hall–Kier alpha value is -1.11. The lowest BCUT2D eigenvalue weighted by molar-refractivity contribution is 0.100. The molecule has 0 aliphatic carbocycles. The lowest BCUT2D eigenvalue weighted by atomic mass is 10.1. The molecule has 0 amide bonds. The van der Waals surface area contributed by atoms with Gasteiger partial charge in [0.15, 0.2) is 11.0 Å². The molecule has 0 fully saturated rings. The molecule has 6 heteroatoms. The first-order chi connectivity index (χ1) is 11.4. The number of halogens is 2. The summed E-state index contributed by atoms with van der Waals surface area (Å²) in [5, 5.41) is 0.914. The number of amidine groups is 1. The van der Waals surface area contributed by atoms with E-state index in [1.165, 1.54) is 0 Å². The molecule has 132 valence electrons. The van der Waals surface area contributed by atoms with E-state index in [9.17, 15) is 4.79 Å². The van der Waals surface area contributed by atoms with Crippen molar-refractivity contribution in [2.75, 3.05) is 18.0 Å². The van der Waals surface area contributed by atoms with Crippen molar-refractivity contribution in [2.24, 2.45) is 4.99 Å². The summed E-state index contributed by atoms with van der Waals surface area (Å²) < 4.78 is 1.04. The van der Waals surface area contributed by atoms with Gasteiger partial charge in [-0.05, 0) is 38.1 Å². The Balaban J connectivity index is 0.00000225. The van der Waals surface area contributed by atoms with Crippen LogP contribution in [0.2, 0.25) is 0 Å². The van der Waals surface area contributed by atoms with E-state index in [4.69, 9.17) is 0 Å². The number of anilines is 1. The van der Waals surface area contributed by atoms with Crippen molar-refractivity contribution < 1.29 is 4.79 Å². The molecule has 25 heavy (non-hydrogen) atoms. The van der Waals surface area contributed by atoms with E-state index in [0.29, 0.717) is 5.56 Å². The number of aliphatic imine (C=N–C) groups is 1. The molecule has 0 spiro atoms. The first-order valence-electron chi connectivity index (χ1n) is 7.79. The van der Waals surface area contributed by atoms with Gasteiger partial charge in [-0.15, -0.1) is 17.0 Å². The quantitative estimate of drug-likeness (QED) is 0.530. The molecule has 0 N–H and O–H groups in total. The highest BCUT2D eigenvalue weighted by molar-refractivity contribution is 9.10. The zero-order valence-electron chi connectivity index (χ0n) is 14.1. The molecule has 0 unspecified atom stereocenters. The van der Waals surface area contributed by atoms with Gasteiger partial charge in [-0.25, -0.2) is 0 Å². The van der Waals surface area contributed by atoms with Gasteiger partial charge in [0.2, 0.25) is 0 Å². The molecule has 1 heterocycles. The summed E-state index contributed by atoms with van der Waals surface area (Å²) in [6, 6.07) is 17.5. The number of ketones is 1. The summed E-state index contributed by atoms with van der Waals surface area (Å²) >= 11 is 5.13. The fraction of sp³-hybridized carbons (Fsp3) is 0.263. The Kier molecular flexibility index (Phi) is 6.88. The standard InChI is InChI=1S/C19H19BrN2OS.BrH/c1-19(2)13-21-18(24-19)22(16-6-4-3-5-7-16)12-17(23)14-8-10-15(20)11-9-14;/h3-11H,12-13H2,1-2H3;1H. The summed E-state index contributed by atoms with van der Waals surface area (Å²) in [6.07, 6.45) is 0. The molecular formula is C19H20Br2N2OS. The maximum atomic E-state index is 12.7. The minimum atomic E-state index is 0. The van der Waals surface area contributed by atoms with Crippen LogP contribution in [0.3, 0.4) is 0 Å². The van der Waals surface area contributed by atoms with E-state index in [2.05, 4.69) is 34.8 Å². The van der Waals surface area contributed by atoms with Crippen LogP contribution in [-0.2, 0) is 0 Å². The number of carbonyl (C=O) groups is 1. The highest BCUT2D eigenvalue weighted by Gasteiger charge is 2.31. The number of hydrogen-bond donors (Lipinski definition) is 0. The van der Waals surface area contributed by atoms with Crippen LogP contribution in [0.1, 0.15) is 24.2 Å². The molecule has 3 rings (SSSR count). The third-order valence-electron chi connectivity index (χ3n) is 3.73. The molecule has 2 aromatic rings. The van der Waals surface area contributed by atoms with Crippen LogP contribution in [0.15, 0.2) is 64.1 Å². The number of benzene rings is 2. The maximum absolute atomic E-state index is 12.7. The molecule has 0 aromatic heterocycles. The lowest BCUT2D eigenvalue weighted by Crippen LogP contribution is -2.34. The summed E-state index contributed by atoms with van der Waals surface area (Å²) in [4.78, 5) is 19.4. The van der Waals surface area contributed by atoms with Gasteiger partial charge in [0.25, 0.3) is 0 Å². The Bertz CT molecular complexity index is 761. The minimum absolute atomic E-state index is 0. The summed E-state index contributed by atoms with van der Waals surface area (Å²) in [6.45, 7) is 5.40. The monoisotopic (exact) mass is 482 g/mol. The minimum Gasteiger partial charge on any atom is -0.313 e. The fourth-order valence-electron chi connectivity index (χ4n) is 2.46. The molecule has 0 atom stereocenters. The van der Waals surface area contributed by atoms with Crippen molar-refractivity contribution in [1.29, 1.82) is 0 Å². The van der Waals surface area contributed by atoms with Gasteiger partial charge in [-0.1, -0.05) is 58.0 Å². The van der Waals surface area contributed by atoms with Crippen LogP contribution in [0.5, 0.6) is 0 Å². The van der Waals surface area contributed by atoms with Crippen LogP contribution in [0.4, 0.5) is 5.69 Å². The number of Topliss-reactive ketones (excluding diaryl/α,β-unsaturated/α-hetero) is 1. The van der Waals surface area contributed by atoms with Crippen LogP contribution in [-0.4, -0.2) is 28.8 Å². The van der Waals surface area contributed by atoms with Crippen molar-refractivity contribution in [1.82, 2.24) is 0 Å². The molecule has 0 saturated heterocycles. The van der Waals surface area contributed by atoms with Gasteiger partial charge in [0, 0.05) is 20.5 Å². The second-order valence-corrected chi connectivity index (χ2v) is 8.90. The Morgan fingerprint density at radius 2 is 1.80 bits per heavy atom. The average Bonchev–Trinajstić information content (AvgIpc) is 2.93. The highest BCUT2D eigenvalue weighted by Crippen LogP contribution is 2.35. The highest BCUT2D eigenvalue weighted by atomic mass is 79.9. The van der Waals surface area contributed by atoms with E-state index in [-0.39, 0.29) is 34.1 Å². The topological polar surface area (TPSA) is 32.7 Å². The third kappa shape index (κ3) is 5.19. The summed E-state index contributed by atoms with van der Waals surface area (Å²) in [5.41, 5.74) is 1.70. The van der Waals surface area contributed by atoms with Gasteiger partial charge in [0.1, 0.15) is 0 Å². The van der Waals surface area contributed by atoms with Crippen LogP contribution in [0.25, 0.3) is 0 Å². The molecular weight excluding hydrogens is 464 g/mol. The van der Waals surface area contributed by atoms with Gasteiger partial charge < -0.3 is 4.90 Å². The van der Waals surface area contributed by atoms with Crippen molar-refractivity contribution in [2.45, 2.75) is 18.6 Å². The van der Waals surface area contributed by atoms with Gasteiger partial charge >= 0.3 is 0 Å². The molecule has 2 aromatic carbocycles. The lowest BCUT2D eigenvalue weighted by Gasteiger charge is -2.25. The molecule has 1 aliphatic rings. The van der Waals surface area contributed by atoms with E-state index >= 15 is 0 Å². The largest absolute Gasteiger partial charge is 0.313 e. The van der Waals surface area contributed by atoms with Crippen LogP contribution < -0.4 is 4.90 Å². The maximum Gasteiger partial charge on any atom is 0.182 e. The molecule has 0 radical (unpaired) electrons. The summed E-state index contributed by atoms with van der Waals surface area (Å²) in [7, 11) is 0. The SMILES string of the molecule is Br.CC1(C)CN=C(N(CC(=O)c2ccc(Br)cc2)c2ccccc2)S1. The predicted octanol–water partition coefficient (Wildman–Crippen LogP) is 5.60. The first-order valence-corrected chi connectivity index (χ1v) is 9.40. The van der Waals surface area contributed by atoms with Crippen molar-refractivity contribution in [3.8, 4) is 0 Å². The third-order valence-corrected chi connectivity index (χ3v) is 5.47. The van der Waals surface area contributed by atoms with Crippen LogP contribution >= 0.6 is 44.7 Å². The second kappa shape index (κ2) is 8.52. The van der Waals surface area contributed by atoms with Crippen molar-refractivity contribution in [3.05, 3.63) is 64.6 Å². The smallest absolute Gasteiger partial charge is 0.182 e.